The molecule has 0 saturated heterocycles. The van der Waals surface area contributed by atoms with Gasteiger partial charge in [0, 0.05) is 17.0 Å². The van der Waals surface area contributed by atoms with E-state index in [2.05, 4.69) is 25.5 Å². The second-order valence-electron chi connectivity index (χ2n) is 8.17. The van der Waals surface area contributed by atoms with Gasteiger partial charge in [0.25, 0.3) is 0 Å². The van der Waals surface area contributed by atoms with Gasteiger partial charge in [0.05, 0.1) is 23.1 Å². The van der Waals surface area contributed by atoms with Crippen LogP contribution in [0.5, 0.6) is 0 Å². The van der Waals surface area contributed by atoms with Gasteiger partial charge in [0.1, 0.15) is 11.3 Å². The number of H-pyrrole nitrogens is 1. The quantitative estimate of drug-likeness (QED) is 0.340. The van der Waals surface area contributed by atoms with Gasteiger partial charge < -0.3 is 11.1 Å². The lowest BCUT2D eigenvalue weighted by molar-refractivity contribution is 0.101. The van der Waals surface area contributed by atoms with Crippen molar-refractivity contribution >= 4 is 45.3 Å². The van der Waals surface area contributed by atoms with Gasteiger partial charge in [0.15, 0.2) is 17.2 Å². The smallest absolute Gasteiger partial charge is 0.335 e. The molecular weight excluding hydrogens is 439 g/mol. The number of carbonyl (C=O) groups excluding carboxylic acids is 1. The Morgan fingerprint density at radius 2 is 2.00 bits per heavy atom. The number of hydrogen-bond acceptors (Lipinski definition) is 7. The van der Waals surface area contributed by atoms with Crippen LogP contribution in [0.15, 0.2) is 47.4 Å². The van der Waals surface area contributed by atoms with E-state index in [0.29, 0.717) is 16.9 Å². The summed E-state index contributed by atoms with van der Waals surface area (Å²) in [6, 6.07) is 9.28. The lowest BCUT2D eigenvalue weighted by Gasteiger charge is -2.10. The Balaban J connectivity index is 1.71. The Hall–Kier alpha value is -4.54. The van der Waals surface area contributed by atoms with Crippen LogP contribution in [0, 0.1) is 5.82 Å². The van der Waals surface area contributed by atoms with Crippen molar-refractivity contribution in [3.05, 3.63) is 64.5 Å². The minimum Gasteiger partial charge on any atom is -0.382 e. The van der Waals surface area contributed by atoms with Gasteiger partial charge in [-0.1, -0.05) is 6.07 Å². The summed E-state index contributed by atoms with van der Waals surface area (Å²) in [6.07, 6.45) is 1.64. The molecule has 5 rings (SSSR count). The number of aromatic nitrogens is 6. The monoisotopic (exact) mass is 460 g/mol. The average Bonchev–Trinajstić information content (AvgIpc) is 3.37. The van der Waals surface area contributed by atoms with E-state index in [1.165, 1.54) is 28.2 Å². The number of Topliss-reactive ketones (excluding diaryl/α,β-unsaturated/α-hetero) is 1. The molecule has 172 valence electrons. The molecule has 3 heterocycles. The third-order valence-electron chi connectivity index (χ3n) is 5.58. The number of fused-ring (bicyclic) bond motifs is 2. The third kappa shape index (κ3) is 3.29. The summed E-state index contributed by atoms with van der Waals surface area (Å²) in [6.45, 7) is 5.07. The molecule has 0 aliphatic rings. The van der Waals surface area contributed by atoms with Crippen molar-refractivity contribution in [1.82, 2.24) is 29.3 Å². The number of nitrogen functional groups attached to an aromatic ring is 1. The molecule has 0 saturated carbocycles. The summed E-state index contributed by atoms with van der Waals surface area (Å²) in [4.78, 5) is 33.8. The first-order chi connectivity index (χ1) is 16.3. The number of nitrogens with one attached hydrogen (secondary N) is 2. The Bertz CT molecular complexity index is 1650. The van der Waals surface area contributed by atoms with Gasteiger partial charge >= 0.3 is 5.69 Å². The fourth-order valence-corrected chi connectivity index (χ4v) is 3.98. The minimum absolute atomic E-state index is 0.0209. The number of anilines is 3. The van der Waals surface area contributed by atoms with Crippen molar-refractivity contribution in [3.8, 4) is 5.69 Å². The molecule has 0 unspecified atom stereocenters. The molecule has 0 aliphatic carbocycles. The maximum Gasteiger partial charge on any atom is 0.335 e. The van der Waals surface area contributed by atoms with Crippen molar-refractivity contribution < 1.29 is 9.18 Å². The fourth-order valence-electron chi connectivity index (χ4n) is 3.98. The highest BCUT2D eigenvalue weighted by atomic mass is 19.1. The van der Waals surface area contributed by atoms with E-state index < -0.39 is 5.82 Å². The number of aromatic amines is 1. The van der Waals surface area contributed by atoms with Crippen LogP contribution in [0.3, 0.4) is 0 Å². The molecule has 10 nitrogen and oxygen atoms in total. The number of rotatable bonds is 5. The highest BCUT2D eigenvalue weighted by Gasteiger charge is 2.23. The number of hydrogen-bond donors (Lipinski definition) is 3. The van der Waals surface area contributed by atoms with Crippen LogP contribution in [0.25, 0.3) is 27.8 Å². The third-order valence-corrected chi connectivity index (χ3v) is 5.58. The summed E-state index contributed by atoms with van der Waals surface area (Å²) >= 11 is 0. The molecule has 0 atom stereocenters. The van der Waals surface area contributed by atoms with Gasteiger partial charge in [-0.15, -0.1) is 0 Å². The standard InChI is InChI=1S/C23H21FN8O2/c1-11(2)31-21-19(32(23(31)34)18-6-4-5-16-14(18)10-26-30-16)20(25)28-22(29-21)27-17-8-7-13(12(3)33)9-15(17)24/h4-11H,1-3H3,(H,26,30)(H3,25,27,28,29). The Morgan fingerprint density at radius 3 is 2.71 bits per heavy atom. The van der Waals surface area contributed by atoms with E-state index in [9.17, 15) is 14.0 Å². The van der Waals surface area contributed by atoms with E-state index in [1.54, 1.807) is 18.3 Å². The highest BCUT2D eigenvalue weighted by molar-refractivity contribution is 5.95. The number of nitrogens with zero attached hydrogens (tertiary/aromatic N) is 5. The van der Waals surface area contributed by atoms with E-state index >= 15 is 0 Å². The molecule has 2 aromatic carbocycles. The van der Waals surface area contributed by atoms with Gasteiger partial charge in [0.2, 0.25) is 5.95 Å². The Labute approximate surface area is 192 Å². The topological polar surface area (TPSA) is 137 Å². The molecule has 0 fully saturated rings. The molecule has 0 aliphatic heterocycles. The Kier molecular flexibility index (Phi) is 4.89. The number of nitrogens with two attached hydrogens (primary N) is 1. The molecule has 0 spiro atoms. The van der Waals surface area contributed by atoms with Crippen molar-refractivity contribution in [2.45, 2.75) is 26.8 Å². The van der Waals surface area contributed by atoms with Crippen LogP contribution in [0.1, 0.15) is 37.2 Å². The molecule has 0 amide bonds. The number of ketones is 1. The van der Waals surface area contributed by atoms with Gasteiger partial charge in [-0.2, -0.15) is 15.1 Å². The minimum atomic E-state index is -0.638. The first-order valence-electron chi connectivity index (χ1n) is 10.6. The average molecular weight is 460 g/mol. The number of carbonyl (C=O) groups is 1. The van der Waals surface area contributed by atoms with Crippen LogP contribution in [-0.2, 0) is 0 Å². The van der Waals surface area contributed by atoms with E-state index in [-0.39, 0.29) is 40.5 Å². The van der Waals surface area contributed by atoms with Gasteiger partial charge in [-0.05, 0) is 51.1 Å². The SMILES string of the molecule is CC(=O)c1ccc(Nc2nc(N)c3c(n2)n(C(C)C)c(=O)n3-c2cccc3[nH]ncc23)c(F)c1. The van der Waals surface area contributed by atoms with Crippen molar-refractivity contribution in [1.29, 1.82) is 0 Å². The number of benzene rings is 2. The van der Waals surface area contributed by atoms with Crippen LogP contribution in [-0.4, -0.2) is 35.1 Å². The maximum absolute atomic E-state index is 14.6. The van der Waals surface area contributed by atoms with Crippen molar-refractivity contribution in [2.24, 2.45) is 0 Å². The first kappa shape index (κ1) is 21.3. The summed E-state index contributed by atoms with van der Waals surface area (Å²) in [5.74, 6) is -0.819. The summed E-state index contributed by atoms with van der Waals surface area (Å²) in [5.41, 5.74) is 8.30. The van der Waals surface area contributed by atoms with Gasteiger partial charge in [-0.3, -0.25) is 19.0 Å². The molecule has 0 bridgehead atoms. The largest absolute Gasteiger partial charge is 0.382 e. The maximum atomic E-state index is 14.6. The predicted molar refractivity (Wildman–Crippen MR) is 127 cm³/mol. The number of imidazole rings is 1. The lowest BCUT2D eigenvalue weighted by atomic mass is 10.1. The molecule has 5 aromatic rings. The second-order valence-corrected chi connectivity index (χ2v) is 8.17. The fraction of sp³-hybridized carbons (Fsp3) is 0.174. The first-order valence-corrected chi connectivity index (χ1v) is 10.6. The highest BCUT2D eigenvalue weighted by Crippen LogP contribution is 2.29. The van der Waals surface area contributed by atoms with E-state index in [1.807, 2.05) is 19.9 Å². The zero-order valence-corrected chi connectivity index (χ0v) is 18.6. The molecule has 0 radical (unpaired) electrons. The molecule has 3 aromatic heterocycles. The zero-order valence-electron chi connectivity index (χ0n) is 18.6. The summed E-state index contributed by atoms with van der Waals surface area (Å²) in [7, 11) is 0. The van der Waals surface area contributed by atoms with Crippen LogP contribution < -0.4 is 16.7 Å². The zero-order chi connectivity index (χ0) is 24.1. The van der Waals surface area contributed by atoms with Gasteiger partial charge in [-0.25, -0.2) is 9.18 Å². The lowest BCUT2D eigenvalue weighted by Crippen LogP contribution is -2.24. The molecule has 34 heavy (non-hydrogen) atoms. The normalized spacial score (nSPS) is 11.6. The predicted octanol–water partition coefficient (Wildman–Crippen LogP) is 3.71. The summed E-state index contributed by atoms with van der Waals surface area (Å²) < 4.78 is 17.5. The van der Waals surface area contributed by atoms with E-state index in [0.717, 1.165) is 17.0 Å². The van der Waals surface area contributed by atoms with E-state index in [4.69, 9.17) is 5.73 Å². The number of halogens is 1. The molecule has 11 heteroatoms. The summed E-state index contributed by atoms with van der Waals surface area (Å²) in [5, 5.41) is 10.5. The Morgan fingerprint density at radius 1 is 1.21 bits per heavy atom. The molecular formula is C23H21FN8O2. The van der Waals surface area contributed by atoms with Crippen LogP contribution in [0.4, 0.5) is 21.8 Å². The van der Waals surface area contributed by atoms with Crippen LogP contribution in [0.2, 0.25) is 0 Å². The van der Waals surface area contributed by atoms with Crippen LogP contribution >= 0.6 is 0 Å². The second kappa shape index (κ2) is 7.80. The van der Waals surface area contributed by atoms with Crippen molar-refractivity contribution in [2.75, 3.05) is 11.1 Å². The molecule has 4 N–H and O–H groups in total. The van der Waals surface area contributed by atoms with Crippen molar-refractivity contribution in [3.63, 3.8) is 0 Å².